The van der Waals surface area contributed by atoms with E-state index in [0.717, 1.165) is 10.6 Å². The maximum Gasteiger partial charge on any atom is 0.301 e. The number of aromatic nitrogens is 2. The van der Waals surface area contributed by atoms with Crippen LogP contribution in [0.4, 0.5) is 25.8 Å². The zero-order valence-electron chi connectivity index (χ0n) is 17.6. The zero-order valence-corrected chi connectivity index (χ0v) is 19.2. The Morgan fingerprint density at radius 2 is 1.94 bits per heavy atom. The Labute approximate surface area is 193 Å². The van der Waals surface area contributed by atoms with Gasteiger partial charge in [0.15, 0.2) is 5.82 Å². The predicted octanol–water partition coefficient (Wildman–Crippen LogP) is 2.99. The third-order valence-electron chi connectivity index (χ3n) is 5.39. The van der Waals surface area contributed by atoms with Gasteiger partial charge in [0, 0.05) is 27.2 Å². The van der Waals surface area contributed by atoms with Crippen molar-refractivity contribution in [2.24, 2.45) is 7.05 Å². The molecule has 4 rings (SSSR count). The number of nitrogens with one attached hydrogen (secondary N) is 2. The molecule has 2 N–H and O–H groups in total. The second kappa shape index (κ2) is 8.86. The number of hydrogen-bond acceptors (Lipinski definition) is 6. The minimum Gasteiger partial charge on any atom is -0.380 e. The molecule has 0 radical (unpaired) electrons. The highest BCUT2D eigenvalue weighted by atomic mass is 35.5. The van der Waals surface area contributed by atoms with Crippen molar-refractivity contribution in [3.05, 3.63) is 57.6 Å². The molecule has 1 atom stereocenters. The van der Waals surface area contributed by atoms with Gasteiger partial charge < -0.3 is 14.6 Å². The SMILES string of the molecule is CO[C@@H]1CCN(S(=O)(=O)Nc2ccc(F)c(Nc3ccc4ncn(C)c(=O)c4c3F)c2Cl)C1. The molecule has 1 aliphatic rings. The number of fused-ring (bicyclic) bond motifs is 1. The largest absolute Gasteiger partial charge is 0.380 e. The van der Waals surface area contributed by atoms with E-state index in [1.807, 2.05) is 0 Å². The fraction of sp³-hybridized carbons (Fsp3) is 0.300. The van der Waals surface area contributed by atoms with Gasteiger partial charge in [-0.1, -0.05) is 11.6 Å². The summed E-state index contributed by atoms with van der Waals surface area (Å²) in [5, 5.41) is 1.95. The molecule has 0 saturated carbocycles. The number of ether oxygens (including phenoxy) is 1. The van der Waals surface area contributed by atoms with Gasteiger partial charge in [0.25, 0.3) is 5.56 Å². The molecule has 1 fully saturated rings. The molecule has 9 nitrogen and oxygen atoms in total. The lowest BCUT2D eigenvalue weighted by Gasteiger charge is -2.19. The minimum absolute atomic E-state index is 0.0970. The first-order valence-corrected chi connectivity index (χ1v) is 11.6. The van der Waals surface area contributed by atoms with E-state index in [1.54, 1.807) is 0 Å². The van der Waals surface area contributed by atoms with Crippen LogP contribution < -0.4 is 15.6 Å². The fourth-order valence-corrected chi connectivity index (χ4v) is 5.13. The summed E-state index contributed by atoms with van der Waals surface area (Å²) in [4.78, 5) is 16.3. The van der Waals surface area contributed by atoms with Crippen LogP contribution in [0.1, 0.15) is 6.42 Å². The van der Waals surface area contributed by atoms with E-state index in [1.165, 1.54) is 43.0 Å². The smallest absolute Gasteiger partial charge is 0.301 e. The first-order valence-electron chi connectivity index (χ1n) is 9.82. The van der Waals surface area contributed by atoms with E-state index in [-0.39, 0.29) is 52.2 Å². The highest BCUT2D eigenvalue weighted by Crippen LogP contribution is 2.36. The van der Waals surface area contributed by atoms with Crippen molar-refractivity contribution in [3.63, 3.8) is 0 Å². The molecule has 2 aromatic carbocycles. The quantitative estimate of drug-likeness (QED) is 0.540. The van der Waals surface area contributed by atoms with Gasteiger partial charge in [-0.15, -0.1) is 0 Å². The van der Waals surface area contributed by atoms with Crippen LogP contribution in [-0.4, -0.2) is 48.6 Å². The van der Waals surface area contributed by atoms with Crippen LogP contribution in [0.5, 0.6) is 0 Å². The Morgan fingerprint density at radius 1 is 1.21 bits per heavy atom. The summed E-state index contributed by atoms with van der Waals surface area (Å²) in [6, 6.07) is 4.85. The number of rotatable bonds is 6. The number of methoxy groups -OCH3 is 1. The Hall–Kier alpha value is -2.80. The molecule has 0 spiro atoms. The lowest BCUT2D eigenvalue weighted by molar-refractivity contribution is 0.115. The number of benzene rings is 2. The fourth-order valence-electron chi connectivity index (χ4n) is 3.54. The van der Waals surface area contributed by atoms with Gasteiger partial charge in [-0.3, -0.25) is 9.52 Å². The molecule has 1 aliphatic heterocycles. The average Bonchev–Trinajstić information content (AvgIpc) is 3.27. The van der Waals surface area contributed by atoms with Gasteiger partial charge >= 0.3 is 10.2 Å². The van der Waals surface area contributed by atoms with Crippen LogP contribution in [-0.2, 0) is 22.0 Å². The second-order valence-corrected chi connectivity index (χ2v) is 9.55. The molecule has 0 aliphatic carbocycles. The van der Waals surface area contributed by atoms with Gasteiger partial charge in [0.05, 0.1) is 40.0 Å². The molecule has 176 valence electrons. The van der Waals surface area contributed by atoms with Crippen molar-refractivity contribution >= 4 is 49.8 Å². The highest BCUT2D eigenvalue weighted by molar-refractivity contribution is 7.90. The van der Waals surface area contributed by atoms with Gasteiger partial charge in [-0.05, 0) is 30.7 Å². The number of hydrogen-bond donors (Lipinski definition) is 2. The first kappa shape index (κ1) is 23.4. The predicted molar refractivity (Wildman–Crippen MR) is 121 cm³/mol. The molecule has 3 aromatic rings. The lowest BCUT2D eigenvalue weighted by atomic mass is 10.2. The molecular weight excluding hydrogens is 480 g/mol. The minimum atomic E-state index is -3.99. The van der Waals surface area contributed by atoms with Gasteiger partial charge in [-0.25, -0.2) is 13.8 Å². The van der Waals surface area contributed by atoms with Crippen LogP contribution >= 0.6 is 11.6 Å². The van der Waals surface area contributed by atoms with Gasteiger partial charge in [-0.2, -0.15) is 12.7 Å². The Balaban J connectivity index is 1.68. The molecule has 0 bridgehead atoms. The monoisotopic (exact) mass is 499 g/mol. The molecule has 33 heavy (non-hydrogen) atoms. The van der Waals surface area contributed by atoms with E-state index < -0.39 is 27.4 Å². The summed E-state index contributed by atoms with van der Waals surface area (Å²) >= 11 is 6.29. The standard InChI is InChI=1S/C20H20ClF2N5O4S/c1-27-10-24-13-5-6-15(18(23)16(13)20(27)29)25-19-12(22)3-4-14(17(19)21)26-33(30,31)28-8-7-11(9-28)32-2/h3-6,10-11,25-26H,7-9H2,1-2H3/t11-/m1/s1. The molecule has 1 saturated heterocycles. The molecule has 2 heterocycles. The molecule has 0 unspecified atom stereocenters. The molecule has 13 heteroatoms. The highest BCUT2D eigenvalue weighted by Gasteiger charge is 2.32. The third-order valence-corrected chi connectivity index (χ3v) is 7.28. The summed E-state index contributed by atoms with van der Waals surface area (Å²) < 4.78 is 65.0. The maximum absolute atomic E-state index is 15.1. The summed E-state index contributed by atoms with van der Waals surface area (Å²) in [7, 11) is -1.06. The van der Waals surface area contributed by atoms with Gasteiger partial charge in [0.2, 0.25) is 0 Å². The Bertz CT molecular complexity index is 1400. The van der Waals surface area contributed by atoms with Crippen LogP contribution in [0.25, 0.3) is 10.9 Å². The normalized spacial score (nSPS) is 16.9. The van der Waals surface area contributed by atoms with E-state index in [4.69, 9.17) is 16.3 Å². The zero-order chi connectivity index (χ0) is 23.9. The van der Waals surface area contributed by atoms with E-state index in [2.05, 4.69) is 15.0 Å². The molecule has 0 amide bonds. The maximum atomic E-state index is 15.1. The summed E-state index contributed by atoms with van der Waals surface area (Å²) in [6.07, 6.45) is 1.58. The summed E-state index contributed by atoms with van der Waals surface area (Å²) in [5.74, 6) is -1.78. The van der Waals surface area contributed by atoms with Crippen LogP contribution in [0.2, 0.25) is 5.02 Å². The van der Waals surface area contributed by atoms with Crippen molar-refractivity contribution in [1.82, 2.24) is 13.9 Å². The first-order chi connectivity index (χ1) is 15.6. The topological polar surface area (TPSA) is 106 Å². The Morgan fingerprint density at radius 3 is 2.64 bits per heavy atom. The number of halogens is 3. The van der Waals surface area contributed by atoms with Crippen molar-refractivity contribution in [2.45, 2.75) is 12.5 Å². The number of anilines is 3. The van der Waals surface area contributed by atoms with Crippen LogP contribution in [0, 0.1) is 11.6 Å². The molecular formula is C20H20ClF2N5O4S. The Kier molecular flexibility index (Phi) is 6.27. The third kappa shape index (κ3) is 4.38. The van der Waals surface area contributed by atoms with Crippen molar-refractivity contribution in [2.75, 3.05) is 30.2 Å². The van der Waals surface area contributed by atoms with E-state index in [9.17, 15) is 17.6 Å². The van der Waals surface area contributed by atoms with Crippen molar-refractivity contribution < 1.29 is 21.9 Å². The number of nitrogens with zero attached hydrogens (tertiary/aromatic N) is 3. The van der Waals surface area contributed by atoms with Crippen LogP contribution in [0.3, 0.4) is 0 Å². The number of aryl methyl sites for hydroxylation is 1. The summed E-state index contributed by atoms with van der Waals surface area (Å²) in [6.45, 7) is 0.421. The average molecular weight is 500 g/mol. The summed E-state index contributed by atoms with van der Waals surface area (Å²) in [5.41, 5.74) is -1.16. The van der Waals surface area contributed by atoms with Crippen molar-refractivity contribution in [3.8, 4) is 0 Å². The van der Waals surface area contributed by atoms with Crippen LogP contribution in [0.15, 0.2) is 35.4 Å². The van der Waals surface area contributed by atoms with E-state index in [0.29, 0.717) is 6.42 Å². The van der Waals surface area contributed by atoms with E-state index >= 15 is 4.39 Å². The molecule has 1 aromatic heterocycles. The van der Waals surface area contributed by atoms with Gasteiger partial charge in [0.1, 0.15) is 11.2 Å². The second-order valence-electron chi connectivity index (χ2n) is 7.50. The lowest BCUT2D eigenvalue weighted by Crippen LogP contribution is -2.35. The van der Waals surface area contributed by atoms with Crippen molar-refractivity contribution in [1.29, 1.82) is 0 Å².